The highest BCUT2D eigenvalue weighted by atomic mass is 79.9. The van der Waals surface area contributed by atoms with Crippen molar-refractivity contribution in [2.75, 3.05) is 11.9 Å². The van der Waals surface area contributed by atoms with Crippen LogP contribution in [0.5, 0.6) is 0 Å². The molecule has 1 heterocycles. The number of halogens is 1. The van der Waals surface area contributed by atoms with E-state index in [0.717, 1.165) is 16.5 Å². The van der Waals surface area contributed by atoms with Gasteiger partial charge in [0, 0.05) is 23.1 Å². The zero-order valence-corrected chi connectivity index (χ0v) is 18.1. The summed E-state index contributed by atoms with van der Waals surface area (Å²) >= 11 is 3.42. The SMILES string of the molecule is CC(C)(C(=O)Nc1cccc(S(=O)(=O)NC2=NCCC2)c1)c1cccc(Br)c1. The van der Waals surface area contributed by atoms with E-state index in [0.29, 0.717) is 24.5 Å². The molecular formula is C20H22BrN3O3S. The Bertz CT molecular complexity index is 1030. The third-order valence-electron chi connectivity index (χ3n) is 4.64. The van der Waals surface area contributed by atoms with Crippen LogP contribution in [-0.2, 0) is 20.2 Å². The number of benzene rings is 2. The first-order chi connectivity index (χ1) is 13.2. The van der Waals surface area contributed by atoms with E-state index in [4.69, 9.17) is 0 Å². The van der Waals surface area contributed by atoms with Gasteiger partial charge in [0.2, 0.25) is 5.91 Å². The number of amidine groups is 1. The molecule has 3 rings (SSSR count). The summed E-state index contributed by atoms with van der Waals surface area (Å²) in [5.74, 6) is 0.249. The quantitative estimate of drug-likeness (QED) is 0.705. The van der Waals surface area contributed by atoms with Crippen molar-refractivity contribution < 1.29 is 13.2 Å². The van der Waals surface area contributed by atoms with Crippen LogP contribution in [0, 0.1) is 0 Å². The van der Waals surface area contributed by atoms with Crippen molar-refractivity contribution in [2.45, 2.75) is 37.0 Å². The van der Waals surface area contributed by atoms with Crippen LogP contribution in [0.2, 0.25) is 0 Å². The van der Waals surface area contributed by atoms with Crippen molar-refractivity contribution in [3.05, 3.63) is 58.6 Å². The lowest BCUT2D eigenvalue weighted by atomic mass is 9.83. The molecule has 0 atom stereocenters. The van der Waals surface area contributed by atoms with Crippen LogP contribution in [0.25, 0.3) is 0 Å². The largest absolute Gasteiger partial charge is 0.325 e. The molecular weight excluding hydrogens is 442 g/mol. The molecule has 0 unspecified atom stereocenters. The van der Waals surface area contributed by atoms with Gasteiger partial charge in [-0.25, -0.2) is 8.42 Å². The molecule has 2 aromatic carbocycles. The Hall–Kier alpha value is -2.19. The number of hydrogen-bond donors (Lipinski definition) is 2. The fraction of sp³-hybridized carbons (Fsp3) is 0.300. The minimum Gasteiger partial charge on any atom is -0.325 e. The molecule has 2 aromatic rings. The molecule has 0 spiro atoms. The molecule has 2 N–H and O–H groups in total. The topological polar surface area (TPSA) is 87.6 Å². The number of sulfonamides is 1. The first-order valence-electron chi connectivity index (χ1n) is 8.92. The van der Waals surface area contributed by atoms with Crippen LogP contribution >= 0.6 is 15.9 Å². The molecule has 1 amide bonds. The van der Waals surface area contributed by atoms with Crippen LogP contribution in [0.1, 0.15) is 32.3 Å². The molecule has 0 saturated heterocycles. The lowest BCUT2D eigenvalue weighted by molar-refractivity contribution is -0.120. The van der Waals surface area contributed by atoms with Crippen molar-refractivity contribution in [1.82, 2.24) is 4.72 Å². The van der Waals surface area contributed by atoms with Crippen LogP contribution < -0.4 is 10.0 Å². The summed E-state index contributed by atoms with van der Waals surface area (Å²) in [6.07, 6.45) is 1.47. The Labute approximate surface area is 173 Å². The van der Waals surface area contributed by atoms with Crippen molar-refractivity contribution >= 4 is 43.4 Å². The number of amides is 1. The number of carbonyl (C=O) groups is 1. The van der Waals surface area contributed by atoms with Crippen molar-refractivity contribution in [3.8, 4) is 0 Å². The molecule has 1 aliphatic rings. The maximum Gasteiger partial charge on any atom is 0.262 e. The number of hydrogen-bond acceptors (Lipinski definition) is 4. The molecule has 0 aromatic heterocycles. The summed E-state index contributed by atoms with van der Waals surface area (Å²) in [4.78, 5) is 17.1. The highest BCUT2D eigenvalue weighted by Gasteiger charge is 2.30. The van der Waals surface area contributed by atoms with Crippen molar-refractivity contribution in [3.63, 3.8) is 0 Å². The second kappa shape index (κ2) is 8.05. The van der Waals surface area contributed by atoms with Crippen LogP contribution in [-0.4, -0.2) is 26.7 Å². The Morgan fingerprint density at radius 3 is 2.57 bits per heavy atom. The summed E-state index contributed by atoms with van der Waals surface area (Å²) in [5, 5.41) is 2.83. The van der Waals surface area contributed by atoms with E-state index in [2.05, 4.69) is 31.0 Å². The second-order valence-electron chi connectivity index (χ2n) is 7.15. The number of aliphatic imine (C=N–C) groups is 1. The second-order valence-corrected chi connectivity index (χ2v) is 9.75. The Morgan fingerprint density at radius 2 is 1.89 bits per heavy atom. The minimum atomic E-state index is -3.73. The van der Waals surface area contributed by atoms with Gasteiger partial charge in [-0.3, -0.25) is 14.5 Å². The van der Waals surface area contributed by atoms with Gasteiger partial charge >= 0.3 is 0 Å². The Kier molecular flexibility index (Phi) is 5.90. The first kappa shape index (κ1) is 20.5. The Balaban J connectivity index is 1.79. The number of carbonyl (C=O) groups excluding carboxylic acids is 1. The number of nitrogens with zero attached hydrogens (tertiary/aromatic N) is 1. The van der Waals surface area contributed by atoms with Gasteiger partial charge in [-0.2, -0.15) is 0 Å². The maximum absolute atomic E-state index is 12.9. The van der Waals surface area contributed by atoms with Gasteiger partial charge in [-0.15, -0.1) is 0 Å². The minimum absolute atomic E-state index is 0.0835. The standard InChI is InChI=1S/C20H22BrN3O3S/c1-20(2,14-6-3-7-15(21)12-14)19(25)23-16-8-4-9-17(13-16)28(26,27)24-18-10-5-11-22-18/h3-4,6-9,12-13H,5,10-11H2,1-2H3,(H,22,24)(H,23,25). The van der Waals surface area contributed by atoms with Gasteiger partial charge in [0.1, 0.15) is 5.84 Å². The van der Waals surface area contributed by atoms with Crippen molar-refractivity contribution in [1.29, 1.82) is 0 Å². The van der Waals surface area contributed by atoms with E-state index in [9.17, 15) is 13.2 Å². The average molecular weight is 464 g/mol. The number of anilines is 1. The monoisotopic (exact) mass is 463 g/mol. The van der Waals surface area contributed by atoms with Gasteiger partial charge < -0.3 is 5.32 Å². The lowest BCUT2D eigenvalue weighted by Crippen LogP contribution is -2.35. The summed E-state index contributed by atoms with van der Waals surface area (Å²) in [6, 6.07) is 13.8. The summed E-state index contributed by atoms with van der Waals surface area (Å²) < 4.78 is 28.6. The van der Waals surface area contributed by atoms with E-state index in [1.54, 1.807) is 12.1 Å². The molecule has 0 fully saturated rings. The number of rotatable bonds is 5. The van der Waals surface area contributed by atoms with Gasteiger partial charge in [0.05, 0.1) is 10.3 Å². The van der Waals surface area contributed by atoms with Gasteiger partial charge in [0.25, 0.3) is 10.0 Å². The van der Waals surface area contributed by atoms with Gasteiger partial charge in [-0.1, -0.05) is 34.1 Å². The molecule has 0 bridgehead atoms. The smallest absolute Gasteiger partial charge is 0.262 e. The van der Waals surface area contributed by atoms with E-state index in [1.165, 1.54) is 12.1 Å². The van der Waals surface area contributed by atoms with Crippen LogP contribution in [0.3, 0.4) is 0 Å². The fourth-order valence-electron chi connectivity index (χ4n) is 2.87. The third kappa shape index (κ3) is 4.62. The molecule has 148 valence electrons. The normalized spacial score (nSPS) is 14.5. The van der Waals surface area contributed by atoms with E-state index in [1.807, 2.05) is 38.1 Å². The first-order valence-corrected chi connectivity index (χ1v) is 11.2. The van der Waals surface area contributed by atoms with Gasteiger partial charge in [-0.05, 0) is 56.2 Å². The molecule has 1 aliphatic heterocycles. The van der Waals surface area contributed by atoms with E-state index >= 15 is 0 Å². The van der Waals surface area contributed by atoms with E-state index < -0.39 is 15.4 Å². The predicted octanol–water partition coefficient (Wildman–Crippen LogP) is 3.84. The van der Waals surface area contributed by atoms with E-state index in [-0.39, 0.29) is 10.8 Å². The number of nitrogens with one attached hydrogen (secondary N) is 2. The Morgan fingerprint density at radius 1 is 1.14 bits per heavy atom. The lowest BCUT2D eigenvalue weighted by Gasteiger charge is -2.24. The van der Waals surface area contributed by atoms with Crippen molar-refractivity contribution in [2.24, 2.45) is 4.99 Å². The van der Waals surface area contributed by atoms with Gasteiger partial charge in [0.15, 0.2) is 0 Å². The molecule has 0 radical (unpaired) electrons. The molecule has 6 nitrogen and oxygen atoms in total. The predicted molar refractivity (Wildman–Crippen MR) is 114 cm³/mol. The highest BCUT2D eigenvalue weighted by Crippen LogP contribution is 2.28. The zero-order valence-electron chi connectivity index (χ0n) is 15.7. The maximum atomic E-state index is 12.9. The molecule has 28 heavy (non-hydrogen) atoms. The highest BCUT2D eigenvalue weighted by molar-refractivity contribution is 9.10. The summed E-state index contributed by atoms with van der Waals surface area (Å²) in [5.41, 5.74) is 0.475. The summed E-state index contributed by atoms with van der Waals surface area (Å²) in [7, 11) is -3.73. The third-order valence-corrected chi connectivity index (χ3v) is 6.51. The fourth-order valence-corrected chi connectivity index (χ4v) is 4.41. The average Bonchev–Trinajstić information content (AvgIpc) is 3.14. The van der Waals surface area contributed by atoms with Crippen LogP contribution in [0.15, 0.2) is 62.9 Å². The molecule has 0 saturated carbocycles. The van der Waals surface area contributed by atoms with Crippen LogP contribution in [0.4, 0.5) is 5.69 Å². The molecule has 8 heteroatoms. The summed E-state index contributed by atoms with van der Waals surface area (Å²) in [6.45, 7) is 4.29. The molecule has 0 aliphatic carbocycles. The zero-order chi connectivity index (χ0) is 20.4.